The molecule has 2 aliphatic heterocycles. The van der Waals surface area contributed by atoms with E-state index in [-0.39, 0.29) is 11.4 Å². The molecule has 2 aromatic carbocycles. The third kappa shape index (κ3) is 2.76. The quantitative estimate of drug-likeness (QED) is 0.481. The van der Waals surface area contributed by atoms with Gasteiger partial charge in [-0.2, -0.15) is 11.3 Å². The number of rotatable bonds is 1. The van der Waals surface area contributed by atoms with E-state index in [1.807, 2.05) is 0 Å². The third-order valence-corrected chi connectivity index (χ3v) is 5.87. The first-order valence-electron chi connectivity index (χ1n) is 9.28. The number of allylic oxidation sites excluding steroid dienone is 1. The highest BCUT2D eigenvalue weighted by Gasteiger charge is 2.31. The molecule has 0 saturated carbocycles. The summed E-state index contributed by atoms with van der Waals surface area (Å²) in [6.07, 6.45) is 4.30. The molecule has 0 aliphatic carbocycles. The van der Waals surface area contributed by atoms with E-state index in [1.165, 1.54) is 11.6 Å². The maximum atomic E-state index is 14.0. The summed E-state index contributed by atoms with van der Waals surface area (Å²) in [7, 11) is 0. The van der Waals surface area contributed by atoms with E-state index in [1.54, 1.807) is 23.5 Å². The second-order valence-electron chi connectivity index (χ2n) is 7.89. The molecule has 1 N–H and O–H groups in total. The van der Waals surface area contributed by atoms with Crippen molar-refractivity contribution in [1.82, 2.24) is 0 Å². The fourth-order valence-corrected chi connectivity index (χ4v) is 4.79. The average molecular weight is 389 g/mol. The van der Waals surface area contributed by atoms with Gasteiger partial charge in [0.1, 0.15) is 17.3 Å². The van der Waals surface area contributed by atoms with Crippen molar-refractivity contribution in [1.29, 1.82) is 0 Å². The molecule has 140 valence electrons. The molecule has 5 rings (SSSR count). The van der Waals surface area contributed by atoms with Gasteiger partial charge >= 0.3 is 0 Å². The van der Waals surface area contributed by atoms with E-state index in [0.717, 1.165) is 39.3 Å². The zero-order valence-electron chi connectivity index (χ0n) is 16.0. The summed E-state index contributed by atoms with van der Waals surface area (Å²) in [5.41, 5.74) is 7.15. The first-order chi connectivity index (χ1) is 13.4. The van der Waals surface area contributed by atoms with E-state index < -0.39 is 0 Å². The van der Waals surface area contributed by atoms with Crippen LogP contribution in [-0.4, -0.2) is 5.54 Å². The number of nitrogens with one attached hydrogen (secondary N) is 1. The lowest BCUT2D eigenvalue weighted by Gasteiger charge is -2.35. The van der Waals surface area contributed by atoms with Gasteiger partial charge in [0.15, 0.2) is 0 Å². The van der Waals surface area contributed by atoms with E-state index in [9.17, 15) is 4.39 Å². The van der Waals surface area contributed by atoms with Crippen LogP contribution in [0.4, 0.5) is 10.1 Å². The van der Waals surface area contributed by atoms with Gasteiger partial charge in [0.2, 0.25) is 0 Å². The molecule has 0 spiro atoms. The molecule has 4 heteroatoms. The standard InChI is InChI=1S/C24H20FNOS/c1-14-12-24(2,3)26-19-6-5-17-18-11-16(25)4-7-20(18)27-21(23(17)22(14)19)10-15-8-9-28-13-15/h4-13,26H,1-3H3/b21-10-. The minimum Gasteiger partial charge on any atom is -0.456 e. The Morgan fingerprint density at radius 3 is 2.71 bits per heavy atom. The van der Waals surface area contributed by atoms with Crippen LogP contribution in [0.5, 0.6) is 5.75 Å². The summed E-state index contributed by atoms with van der Waals surface area (Å²) in [5.74, 6) is 1.21. The molecular formula is C24H20FNOS. The van der Waals surface area contributed by atoms with Crippen molar-refractivity contribution in [3.05, 3.63) is 75.7 Å². The highest BCUT2D eigenvalue weighted by atomic mass is 32.1. The zero-order chi connectivity index (χ0) is 19.5. The van der Waals surface area contributed by atoms with Crippen molar-refractivity contribution in [3.8, 4) is 16.9 Å². The first-order valence-corrected chi connectivity index (χ1v) is 10.2. The summed E-state index contributed by atoms with van der Waals surface area (Å²) >= 11 is 1.65. The lowest BCUT2D eigenvalue weighted by atomic mass is 9.83. The molecule has 0 atom stereocenters. The first kappa shape index (κ1) is 17.3. The molecule has 0 radical (unpaired) electrons. The van der Waals surface area contributed by atoms with Crippen LogP contribution in [0.15, 0.2) is 53.2 Å². The van der Waals surface area contributed by atoms with Crippen molar-refractivity contribution in [3.63, 3.8) is 0 Å². The maximum absolute atomic E-state index is 14.0. The fraction of sp³-hybridized carbons (Fsp3) is 0.167. The Balaban J connectivity index is 1.82. The number of ether oxygens (including phenoxy) is 1. The molecule has 3 aromatic rings. The van der Waals surface area contributed by atoms with Crippen LogP contribution < -0.4 is 10.1 Å². The second-order valence-corrected chi connectivity index (χ2v) is 8.67. The minimum absolute atomic E-state index is 0.123. The summed E-state index contributed by atoms with van der Waals surface area (Å²) in [5, 5.41) is 7.74. The minimum atomic E-state index is -0.261. The van der Waals surface area contributed by atoms with Crippen molar-refractivity contribution < 1.29 is 9.13 Å². The largest absolute Gasteiger partial charge is 0.456 e. The molecule has 2 aliphatic rings. The normalized spacial score (nSPS) is 17.7. The van der Waals surface area contributed by atoms with E-state index in [2.05, 4.69) is 67.2 Å². The number of anilines is 1. The monoisotopic (exact) mass is 389 g/mol. The van der Waals surface area contributed by atoms with Crippen LogP contribution in [0.1, 0.15) is 37.5 Å². The predicted octanol–water partition coefficient (Wildman–Crippen LogP) is 7.05. The number of hydrogen-bond donors (Lipinski definition) is 1. The van der Waals surface area contributed by atoms with Crippen molar-refractivity contribution in [2.75, 3.05) is 5.32 Å². The lowest BCUT2D eigenvalue weighted by molar-refractivity contribution is 0.511. The van der Waals surface area contributed by atoms with Gasteiger partial charge in [-0.15, -0.1) is 0 Å². The number of benzene rings is 2. The molecule has 1 aromatic heterocycles. The smallest absolute Gasteiger partial charge is 0.136 e. The molecule has 0 saturated heterocycles. The Hall–Kier alpha value is -2.85. The average Bonchev–Trinajstić information content (AvgIpc) is 3.13. The summed E-state index contributed by atoms with van der Waals surface area (Å²) in [6, 6.07) is 10.9. The Kier molecular flexibility index (Phi) is 3.75. The molecule has 0 amide bonds. The van der Waals surface area contributed by atoms with Gasteiger partial charge in [0, 0.05) is 22.4 Å². The van der Waals surface area contributed by atoms with Gasteiger partial charge in [-0.3, -0.25) is 0 Å². The number of halogens is 1. The maximum Gasteiger partial charge on any atom is 0.136 e. The number of fused-ring (bicyclic) bond motifs is 5. The van der Waals surface area contributed by atoms with Crippen LogP contribution in [-0.2, 0) is 0 Å². The summed E-state index contributed by atoms with van der Waals surface area (Å²) in [4.78, 5) is 0. The van der Waals surface area contributed by atoms with Crippen LogP contribution in [0.3, 0.4) is 0 Å². The SMILES string of the molecule is CC1=CC(C)(C)Nc2ccc3c(c21)/C(=C/c1ccsc1)Oc1ccc(F)cc1-3. The highest BCUT2D eigenvalue weighted by molar-refractivity contribution is 7.08. The predicted molar refractivity (Wildman–Crippen MR) is 116 cm³/mol. The van der Waals surface area contributed by atoms with Gasteiger partial charge in [-0.25, -0.2) is 4.39 Å². The molecule has 0 bridgehead atoms. The van der Waals surface area contributed by atoms with E-state index >= 15 is 0 Å². The van der Waals surface area contributed by atoms with Crippen LogP contribution in [0.2, 0.25) is 0 Å². The molecule has 0 fully saturated rings. The molecule has 28 heavy (non-hydrogen) atoms. The number of thiophene rings is 1. The van der Waals surface area contributed by atoms with Gasteiger partial charge in [0.25, 0.3) is 0 Å². The van der Waals surface area contributed by atoms with Crippen LogP contribution in [0.25, 0.3) is 28.5 Å². The Bertz CT molecular complexity index is 1160. The second kappa shape index (κ2) is 6.08. The van der Waals surface area contributed by atoms with E-state index in [0.29, 0.717) is 5.75 Å². The summed E-state index contributed by atoms with van der Waals surface area (Å²) in [6.45, 7) is 6.44. The van der Waals surface area contributed by atoms with Gasteiger partial charge < -0.3 is 10.1 Å². The van der Waals surface area contributed by atoms with Gasteiger partial charge in [-0.1, -0.05) is 12.1 Å². The third-order valence-electron chi connectivity index (χ3n) is 5.17. The lowest BCUT2D eigenvalue weighted by Crippen LogP contribution is -2.32. The molecular weight excluding hydrogens is 369 g/mol. The molecule has 2 nitrogen and oxygen atoms in total. The van der Waals surface area contributed by atoms with E-state index in [4.69, 9.17) is 4.74 Å². The zero-order valence-corrected chi connectivity index (χ0v) is 16.8. The Morgan fingerprint density at radius 2 is 1.93 bits per heavy atom. The topological polar surface area (TPSA) is 21.3 Å². The number of hydrogen-bond acceptors (Lipinski definition) is 3. The molecule has 3 heterocycles. The molecule has 0 unspecified atom stereocenters. The van der Waals surface area contributed by atoms with Crippen LogP contribution in [0, 0.1) is 5.82 Å². The van der Waals surface area contributed by atoms with Gasteiger partial charge in [-0.05, 0) is 84.6 Å². The summed E-state index contributed by atoms with van der Waals surface area (Å²) < 4.78 is 20.3. The van der Waals surface area contributed by atoms with Crippen molar-refractivity contribution in [2.45, 2.75) is 26.3 Å². The van der Waals surface area contributed by atoms with Gasteiger partial charge in [0.05, 0.1) is 5.54 Å². The van der Waals surface area contributed by atoms with Crippen molar-refractivity contribution >= 4 is 34.4 Å². The van der Waals surface area contributed by atoms with Crippen molar-refractivity contribution in [2.24, 2.45) is 0 Å². The fourth-order valence-electron chi connectivity index (χ4n) is 4.17. The highest BCUT2D eigenvalue weighted by Crippen LogP contribution is 2.49. The van der Waals surface area contributed by atoms with Crippen LogP contribution >= 0.6 is 11.3 Å². The Morgan fingerprint density at radius 1 is 1.07 bits per heavy atom. The Labute approximate surface area is 168 Å².